The summed E-state index contributed by atoms with van der Waals surface area (Å²) >= 11 is 0. The van der Waals surface area contributed by atoms with Crippen molar-refractivity contribution in [3.8, 4) is 0 Å². The Labute approximate surface area is 87.5 Å². The summed E-state index contributed by atoms with van der Waals surface area (Å²) in [5.41, 5.74) is 0. The molecule has 0 aromatic heterocycles. The fourth-order valence-corrected chi connectivity index (χ4v) is 0.919. The van der Waals surface area contributed by atoms with Gasteiger partial charge in [0.05, 0.1) is 19.3 Å². The molecule has 3 heteroatoms. The Kier molecular flexibility index (Phi) is 10.4. The molecule has 0 aliphatic carbocycles. The Balaban J connectivity index is 3.03. The number of nitrogens with one attached hydrogen (secondary N) is 1. The minimum absolute atomic E-state index is 0.319. The SMILES string of the molecule is COCCNCCC=CCOC(C)C. The van der Waals surface area contributed by atoms with E-state index < -0.39 is 0 Å². The lowest BCUT2D eigenvalue weighted by Crippen LogP contribution is -2.19. The molecule has 0 aromatic carbocycles. The third kappa shape index (κ3) is 11.6. The Bertz CT molecular complexity index is 135. The van der Waals surface area contributed by atoms with E-state index in [1.165, 1.54) is 0 Å². The van der Waals surface area contributed by atoms with E-state index in [1.807, 2.05) is 13.8 Å². The molecule has 14 heavy (non-hydrogen) atoms. The summed E-state index contributed by atoms with van der Waals surface area (Å²) in [6, 6.07) is 0. The van der Waals surface area contributed by atoms with Gasteiger partial charge in [0.25, 0.3) is 0 Å². The van der Waals surface area contributed by atoms with Crippen molar-refractivity contribution in [2.75, 3.05) is 33.4 Å². The molecule has 0 heterocycles. The molecule has 0 amide bonds. The molecule has 0 saturated carbocycles. The Morgan fingerprint density at radius 3 is 2.64 bits per heavy atom. The fourth-order valence-electron chi connectivity index (χ4n) is 0.919. The van der Waals surface area contributed by atoms with E-state index in [0.717, 1.165) is 32.7 Å². The first-order chi connectivity index (χ1) is 6.77. The van der Waals surface area contributed by atoms with Crippen molar-refractivity contribution < 1.29 is 9.47 Å². The molecule has 0 bridgehead atoms. The Morgan fingerprint density at radius 1 is 1.21 bits per heavy atom. The zero-order valence-electron chi connectivity index (χ0n) is 9.58. The monoisotopic (exact) mass is 201 g/mol. The minimum atomic E-state index is 0.319. The summed E-state index contributed by atoms with van der Waals surface area (Å²) in [6.07, 6.45) is 5.57. The first-order valence-corrected chi connectivity index (χ1v) is 5.23. The summed E-state index contributed by atoms with van der Waals surface area (Å²) in [5, 5.41) is 3.27. The number of ether oxygens (including phenoxy) is 2. The summed E-state index contributed by atoms with van der Waals surface area (Å²) in [4.78, 5) is 0. The number of hydrogen-bond donors (Lipinski definition) is 1. The Hall–Kier alpha value is -0.380. The van der Waals surface area contributed by atoms with Gasteiger partial charge >= 0.3 is 0 Å². The molecule has 0 aliphatic rings. The summed E-state index contributed by atoms with van der Waals surface area (Å²) in [7, 11) is 1.71. The second kappa shape index (κ2) is 10.7. The molecule has 0 unspecified atom stereocenters. The van der Waals surface area contributed by atoms with E-state index in [2.05, 4.69) is 17.5 Å². The molecule has 0 atom stereocenters. The van der Waals surface area contributed by atoms with Crippen molar-refractivity contribution in [1.82, 2.24) is 5.32 Å². The summed E-state index contributed by atoms with van der Waals surface area (Å²) < 4.78 is 10.3. The molecule has 0 saturated heterocycles. The quantitative estimate of drug-likeness (QED) is 0.454. The molecule has 3 nitrogen and oxygen atoms in total. The molecule has 1 N–H and O–H groups in total. The van der Waals surface area contributed by atoms with Crippen LogP contribution in [0.2, 0.25) is 0 Å². The van der Waals surface area contributed by atoms with Gasteiger partial charge in [0.1, 0.15) is 0 Å². The van der Waals surface area contributed by atoms with Gasteiger partial charge in [-0.3, -0.25) is 0 Å². The third-order valence-corrected chi connectivity index (χ3v) is 1.66. The number of rotatable bonds is 9. The fraction of sp³-hybridized carbons (Fsp3) is 0.818. The lowest BCUT2D eigenvalue weighted by atomic mass is 10.3. The van der Waals surface area contributed by atoms with Crippen LogP contribution in [-0.2, 0) is 9.47 Å². The van der Waals surface area contributed by atoms with Gasteiger partial charge in [0, 0.05) is 13.7 Å². The standard InChI is InChI=1S/C11H23NO2/c1-11(2)14-9-6-4-5-7-12-8-10-13-3/h4,6,11-12H,5,7-10H2,1-3H3. The molecule has 0 spiro atoms. The average molecular weight is 201 g/mol. The molecule has 0 aromatic rings. The normalized spacial score (nSPS) is 11.7. The largest absolute Gasteiger partial charge is 0.383 e. The average Bonchev–Trinajstić information content (AvgIpc) is 2.15. The molecule has 0 fully saturated rings. The van der Waals surface area contributed by atoms with Gasteiger partial charge in [-0.05, 0) is 26.8 Å². The van der Waals surface area contributed by atoms with Crippen LogP contribution in [0.5, 0.6) is 0 Å². The number of methoxy groups -OCH3 is 1. The van der Waals surface area contributed by atoms with Gasteiger partial charge < -0.3 is 14.8 Å². The van der Waals surface area contributed by atoms with Gasteiger partial charge in [-0.15, -0.1) is 0 Å². The predicted octanol–water partition coefficient (Wildman–Crippen LogP) is 1.59. The minimum Gasteiger partial charge on any atom is -0.383 e. The predicted molar refractivity (Wildman–Crippen MR) is 59.6 cm³/mol. The van der Waals surface area contributed by atoms with Crippen molar-refractivity contribution in [1.29, 1.82) is 0 Å². The van der Waals surface area contributed by atoms with Crippen LogP contribution in [0.25, 0.3) is 0 Å². The highest BCUT2D eigenvalue weighted by molar-refractivity contribution is 4.82. The third-order valence-electron chi connectivity index (χ3n) is 1.66. The zero-order valence-corrected chi connectivity index (χ0v) is 9.58. The van der Waals surface area contributed by atoms with Crippen LogP contribution in [0.3, 0.4) is 0 Å². The topological polar surface area (TPSA) is 30.5 Å². The van der Waals surface area contributed by atoms with Crippen molar-refractivity contribution in [3.05, 3.63) is 12.2 Å². The van der Waals surface area contributed by atoms with Crippen LogP contribution in [0.4, 0.5) is 0 Å². The molecule has 84 valence electrons. The van der Waals surface area contributed by atoms with Crippen molar-refractivity contribution in [2.45, 2.75) is 26.4 Å². The van der Waals surface area contributed by atoms with Crippen LogP contribution in [0.1, 0.15) is 20.3 Å². The van der Waals surface area contributed by atoms with Gasteiger partial charge in [-0.2, -0.15) is 0 Å². The van der Waals surface area contributed by atoms with Gasteiger partial charge in [0.15, 0.2) is 0 Å². The second-order valence-corrected chi connectivity index (χ2v) is 3.38. The maximum absolute atomic E-state index is 5.36. The van der Waals surface area contributed by atoms with Crippen LogP contribution >= 0.6 is 0 Å². The lowest BCUT2D eigenvalue weighted by molar-refractivity contribution is 0.102. The molecule has 0 aliphatic heterocycles. The van der Waals surface area contributed by atoms with E-state index in [0.29, 0.717) is 6.10 Å². The van der Waals surface area contributed by atoms with Gasteiger partial charge in [-0.25, -0.2) is 0 Å². The maximum atomic E-state index is 5.36. The zero-order chi connectivity index (χ0) is 10.6. The first kappa shape index (κ1) is 13.6. The highest BCUT2D eigenvalue weighted by Gasteiger charge is 1.88. The lowest BCUT2D eigenvalue weighted by Gasteiger charge is -2.03. The van der Waals surface area contributed by atoms with Crippen molar-refractivity contribution in [2.24, 2.45) is 0 Å². The van der Waals surface area contributed by atoms with E-state index in [-0.39, 0.29) is 0 Å². The van der Waals surface area contributed by atoms with Crippen molar-refractivity contribution >= 4 is 0 Å². The van der Waals surface area contributed by atoms with E-state index in [9.17, 15) is 0 Å². The molecular formula is C11H23NO2. The van der Waals surface area contributed by atoms with Crippen LogP contribution in [0.15, 0.2) is 12.2 Å². The second-order valence-electron chi connectivity index (χ2n) is 3.38. The van der Waals surface area contributed by atoms with E-state index >= 15 is 0 Å². The maximum Gasteiger partial charge on any atom is 0.0650 e. The molecule has 0 radical (unpaired) electrons. The van der Waals surface area contributed by atoms with Gasteiger partial charge in [0.2, 0.25) is 0 Å². The first-order valence-electron chi connectivity index (χ1n) is 5.23. The van der Waals surface area contributed by atoms with E-state index in [4.69, 9.17) is 9.47 Å². The highest BCUT2D eigenvalue weighted by Crippen LogP contribution is 1.88. The smallest absolute Gasteiger partial charge is 0.0650 e. The molecule has 0 rings (SSSR count). The highest BCUT2D eigenvalue weighted by atomic mass is 16.5. The summed E-state index contributed by atoms with van der Waals surface area (Å²) in [5.74, 6) is 0. The van der Waals surface area contributed by atoms with Crippen LogP contribution < -0.4 is 5.32 Å². The molecular weight excluding hydrogens is 178 g/mol. The van der Waals surface area contributed by atoms with Crippen LogP contribution in [0, 0.1) is 0 Å². The number of hydrogen-bond acceptors (Lipinski definition) is 3. The van der Waals surface area contributed by atoms with Gasteiger partial charge in [-0.1, -0.05) is 12.2 Å². The van der Waals surface area contributed by atoms with Crippen molar-refractivity contribution in [3.63, 3.8) is 0 Å². The Morgan fingerprint density at radius 2 is 2.00 bits per heavy atom. The summed E-state index contributed by atoms with van der Waals surface area (Å²) in [6.45, 7) is 7.50. The van der Waals surface area contributed by atoms with Crippen LogP contribution in [-0.4, -0.2) is 39.5 Å². The van der Waals surface area contributed by atoms with E-state index in [1.54, 1.807) is 7.11 Å².